The van der Waals surface area contributed by atoms with E-state index < -0.39 is 17.7 Å². The molecule has 0 unspecified atom stereocenters. The molecule has 5 nitrogen and oxygen atoms in total. The lowest BCUT2D eigenvalue weighted by molar-refractivity contribution is -0.132. The number of halogens is 1. The van der Waals surface area contributed by atoms with Crippen molar-refractivity contribution in [2.75, 3.05) is 11.4 Å². The van der Waals surface area contributed by atoms with Gasteiger partial charge in [0, 0.05) is 17.1 Å². The number of nitrogens with zero attached hydrogens (tertiary/aromatic N) is 1. The summed E-state index contributed by atoms with van der Waals surface area (Å²) in [5.74, 6) is -2.36. The summed E-state index contributed by atoms with van der Waals surface area (Å²) in [6.45, 7) is 1.46. The maximum atomic E-state index is 11.8. The average molecular weight is 280 g/mol. The van der Waals surface area contributed by atoms with Crippen molar-refractivity contribution in [1.82, 2.24) is 0 Å². The van der Waals surface area contributed by atoms with E-state index in [1.807, 2.05) is 0 Å². The number of rotatable bonds is 3. The topological polar surface area (TPSA) is 74.7 Å². The summed E-state index contributed by atoms with van der Waals surface area (Å²) >= 11 is 5.78. The molecule has 6 heteroatoms. The van der Waals surface area contributed by atoms with Crippen molar-refractivity contribution in [3.63, 3.8) is 0 Å². The highest BCUT2D eigenvalue weighted by Gasteiger charge is 2.35. The maximum Gasteiger partial charge on any atom is 0.331 e. The first kappa shape index (κ1) is 13.3. The first-order valence-corrected chi connectivity index (χ1v) is 5.85. The fourth-order valence-electron chi connectivity index (χ4n) is 1.77. The van der Waals surface area contributed by atoms with Crippen LogP contribution in [0.2, 0.25) is 5.02 Å². The number of fused-ring (bicyclic) bond motifs is 1. The Morgan fingerprint density at radius 1 is 1.42 bits per heavy atom. The molecule has 1 aliphatic heterocycles. The molecule has 2 rings (SSSR count). The molecule has 19 heavy (non-hydrogen) atoms. The van der Waals surface area contributed by atoms with Crippen molar-refractivity contribution in [1.29, 1.82) is 0 Å². The number of Topliss-reactive ketones (excluding diaryl/α,β-unsaturated/α-hetero) is 1. The van der Waals surface area contributed by atoms with Crippen LogP contribution in [0.15, 0.2) is 29.8 Å². The van der Waals surface area contributed by atoms with Crippen LogP contribution in [-0.4, -0.2) is 29.3 Å². The van der Waals surface area contributed by atoms with Crippen LogP contribution < -0.4 is 4.90 Å². The molecule has 0 radical (unpaired) electrons. The van der Waals surface area contributed by atoms with Crippen molar-refractivity contribution < 1.29 is 19.5 Å². The van der Waals surface area contributed by atoms with Gasteiger partial charge < -0.3 is 10.0 Å². The molecule has 0 aromatic heterocycles. The minimum absolute atomic E-state index is 0.0390. The van der Waals surface area contributed by atoms with Crippen LogP contribution >= 0.6 is 11.6 Å². The van der Waals surface area contributed by atoms with Gasteiger partial charge in [-0.05, 0) is 25.1 Å². The van der Waals surface area contributed by atoms with Crippen molar-refractivity contribution in [2.45, 2.75) is 6.92 Å². The van der Waals surface area contributed by atoms with Crippen LogP contribution in [0.5, 0.6) is 0 Å². The molecule has 0 saturated heterocycles. The highest BCUT2D eigenvalue weighted by molar-refractivity contribution is 6.52. The van der Waals surface area contributed by atoms with Gasteiger partial charge in [0.1, 0.15) is 0 Å². The number of carbonyl (C=O) groups excluding carboxylic acids is 2. The Morgan fingerprint density at radius 3 is 2.74 bits per heavy atom. The second-order valence-electron chi connectivity index (χ2n) is 4.10. The van der Waals surface area contributed by atoms with Gasteiger partial charge in [0.05, 0.1) is 11.3 Å². The van der Waals surface area contributed by atoms with Gasteiger partial charge in [-0.2, -0.15) is 0 Å². The summed E-state index contributed by atoms with van der Waals surface area (Å²) in [7, 11) is 0. The molecule has 0 atom stereocenters. The van der Waals surface area contributed by atoms with Gasteiger partial charge in [0.2, 0.25) is 0 Å². The van der Waals surface area contributed by atoms with Gasteiger partial charge in [0.25, 0.3) is 11.7 Å². The highest BCUT2D eigenvalue weighted by atomic mass is 35.5. The number of benzene rings is 1. The van der Waals surface area contributed by atoms with Crippen molar-refractivity contribution in [3.05, 3.63) is 40.4 Å². The third kappa shape index (κ3) is 2.37. The average Bonchev–Trinajstić information content (AvgIpc) is 2.60. The number of hydrogen-bond donors (Lipinski definition) is 1. The molecule has 0 bridgehead atoms. The second kappa shape index (κ2) is 4.85. The smallest absolute Gasteiger partial charge is 0.331 e. The molecule has 98 valence electrons. The molecule has 1 heterocycles. The molecule has 0 aliphatic carbocycles. The van der Waals surface area contributed by atoms with Gasteiger partial charge in [-0.15, -0.1) is 0 Å². The molecule has 1 N–H and O–H groups in total. The minimum atomic E-state index is -1.06. The number of aliphatic carboxylic acids is 1. The van der Waals surface area contributed by atoms with E-state index in [1.165, 1.54) is 24.0 Å². The number of amides is 1. The van der Waals surface area contributed by atoms with E-state index >= 15 is 0 Å². The number of hydrogen-bond acceptors (Lipinski definition) is 3. The zero-order chi connectivity index (χ0) is 14.2. The summed E-state index contributed by atoms with van der Waals surface area (Å²) in [6.07, 6.45) is 1.39. The largest absolute Gasteiger partial charge is 0.478 e. The summed E-state index contributed by atoms with van der Waals surface area (Å²) in [6, 6.07) is 4.59. The summed E-state index contributed by atoms with van der Waals surface area (Å²) in [4.78, 5) is 35.5. The molecule has 0 saturated carbocycles. The summed E-state index contributed by atoms with van der Waals surface area (Å²) in [5, 5.41) is 9.12. The van der Waals surface area contributed by atoms with Gasteiger partial charge >= 0.3 is 5.97 Å². The van der Waals surface area contributed by atoms with E-state index in [0.29, 0.717) is 10.7 Å². The Hall–Kier alpha value is -2.14. The number of carboxylic acid groups (broad SMARTS) is 1. The monoisotopic (exact) mass is 279 g/mol. The Kier molecular flexibility index (Phi) is 3.40. The van der Waals surface area contributed by atoms with Gasteiger partial charge in [-0.1, -0.05) is 17.7 Å². The fraction of sp³-hybridized carbons (Fsp3) is 0.154. The van der Waals surface area contributed by atoms with E-state index in [4.69, 9.17) is 16.7 Å². The van der Waals surface area contributed by atoms with E-state index in [0.717, 1.165) is 0 Å². The third-order valence-corrected chi connectivity index (χ3v) is 3.09. The van der Waals surface area contributed by atoms with Crippen molar-refractivity contribution in [3.8, 4) is 0 Å². The first-order valence-electron chi connectivity index (χ1n) is 5.47. The second-order valence-corrected chi connectivity index (χ2v) is 4.54. The Labute approximate surface area is 114 Å². The number of anilines is 1. The van der Waals surface area contributed by atoms with E-state index in [1.54, 1.807) is 12.1 Å². The molecular weight excluding hydrogens is 270 g/mol. The summed E-state index contributed by atoms with van der Waals surface area (Å²) in [5.41, 5.74) is 0.815. The van der Waals surface area contributed by atoms with Crippen LogP contribution in [0.3, 0.4) is 0 Å². The minimum Gasteiger partial charge on any atom is -0.478 e. The zero-order valence-corrected chi connectivity index (χ0v) is 10.8. The van der Waals surface area contributed by atoms with Crippen LogP contribution in [0.25, 0.3) is 0 Å². The molecule has 1 aromatic carbocycles. The maximum absolute atomic E-state index is 11.8. The lowest BCUT2D eigenvalue weighted by atomic mass is 10.1. The predicted octanol–water partition coefficient (Wildman–Crippen LogP) is 1.90. The van der Waals surface area contributed by atoms with Crippen LogP contribution in [0, 0.1) is 0 Å². The number of carbonyl (C=O) groups is 3. The quantitative estimate of drug-likeness (QED) is 0.677. The Bertz CT molecular complexity index is 621. The van der Waals surface area contributed by atoms with Crippen LogP contribution in [-0.2, 0) is 9.59 Å². The fourth-order valence-corrected chi connectivity index (χ4v) is 1.94. The summed E-state index contributed by atoms with van der Waals surface area (Å²) < 4.78 is 0. The number of ketones is 1. The van der Waals surface area contributed by atoms with Crippen molar-refractivity contribution in [2.24, 2.45) is 0 Å². The highest BCUT2D eigenvalue weighted by Crippen LogP contribution is 2.31. The van der Waals surface area contributed by atoms with E-state index in [2.05, 4.69) is 0 Å². The SMILES string of the molecule is CC(=CCN1C(=O)C(=O)c2cc(Cl)ccc21)C(=O)O. The van der Waals surface area contributed by atoms with E-state index in [-0.39, 0.29) is 17.7 Å². The van der Waals surface area contributed by atoms with E-state index in [9.17, 15) is 14.4 Å². The third-order valence-electron chi connectivity index (χ3n) is 2.85. The number of carboxylic acids is 1. The molecular formula is C13H10ClNO4. The van der Waals surface area contributed by atoms with Crippen LogP contribution in [0.1, 0.15) is 17.3 Å². The normalized spacial score (nSPS) is 14.8. The zero-order valence-electron chi connectivity index (χ0n) is 10.0. The first-order chi connectivity index (χ1) is 8.91. The van der Waals surface area contributed by atoms with Gasteiger partial charge in [-0.3, -0.25) is 9.59 Å². The molecule has 1 aliphatic rings. The Morgan fingerprint density at radius 2 is 2.11 bits per heavy atom. The van der Waals surface area contributed by atoms with Crippen molar-refractivity contribution >= 4 is 34.9 Å². The Balaban J connectivity index is 2.34. The van der Waals surface area contributed by atoms with Gasteiger partial charge in [0.15, 0.2) is 0 Å². The molecule has 0 spiro atoms. The predicted molar refractivity (Wildman–Crippen MR) is 69.5 cm³/mol. The molecule has 0 fully saturated rings. The molecule has 1 amide bonds. The van der Waals surface area contributed by atoms with Gasteiger partial charge in [-0.25, -0.2) is 4.79 Å². The lowest BCUT2D eigenvalue weighted by Gasteiger charge is -2.14. The lowest BCUT2D eigenvalue weighted by Crippen LogP contribution is -2.30. The standard InChI is InChI=1S/C13H10ClNO4/c1-7(13(18)19)4-5-15-10-3-2-8(14)6-9(10)11(16)12(15)17/h2-4,6H,5H2,1H3,(H,18,19). The molecule has 1 aromatic rings. The van der Waals surface area contributed by atoms with Crippen LogP contribution in [0.4, 0.5) is 5.69 Å².